The van der Waals surface area contributed by atoms with Gasteiger partial charge in [0.2, 0.25) is 10.0 Å². The Hall–Kier alpha value is -2.63. The van der Waals surface area contributed by atoms with Gasteiger partial charge < -0.3 is 4.74 Å². The van der Waals surface area contributed by atoms with Crippen molar-refractivity contribution >= 4 is 31.9 Å². The largest absolute Gasteiger partial charge is 0.457 e. The van der Waals surface area contributed by atoms with Crippen LogP contribution in [0, 0.1) is 19.7 Å². The predicted molar refractivity (Wildman–Crippen MR) is 133 cm³/mol. The van der Waals surface area contributed by atoms with E-state index in [9.17, 15) is 17.6 Å². The Balaban J connectivity index is 1.90. The third kappa shape index (κ3) is 7.42. The van der Waals surface area contributed by atoms with Crippen molar-refractivity contribution in [2.45, 2.75) is 57.5 Å². The quantitative estimate of drug-likeness (QED) is 0.210. The summed E-state index contributed by atoms with van der Waals surface area (Å²) in [6, 6.07) is 9.35. The fourth-order valence-corrected chi connectivity index (χ4v) is 4.44. The van der Waals surface area contributed by atoms with Crippen LogP contribution in [0.2, 0.25) is 0 Å². The highest BCUT2D eigenvalue weighted by Crippen LogP contribution is 2.22. The van der Waals surface area contributed by atoms with Gasteiger partial charge in [0.15, 0.2) is 12.4 Å². The number of carbonyl (C=O) groups excluding carboxylic acids is 1. The van der Waals surface area contributed by atoms with Gasteiger partial charge in [-0.15, -0.1) is 5.10 Å². The number of primary sulfonamides is 1. The summed E-state index contributed by atoms with van der Waals surface area (Å²) in [6.07, 6.45) is 3.27. The molecule has 188 valence electrons. The van der Waals surface area contributed by atoms with Crippen LogP contribution in [0.1, 0.15) is 54.0 Å². The van der Waals surface area contributed by atoms with Gasteiger partial charge in [0.1, 0.15) is 17.3 Å². The number of alkyl halides is 1. The van der Waals surface area contributed by atoms with Gasteiger partial charge in [0.25, 0.3) is 0 Å². The average Bonchev–Trinajstić information content (AvgIpc) is 3.19. The van der Waals surface area contributed by atoms with Gasteiger partial charge in [-0.25, -0.2) is 27.6 Å². The number of ether oxygens (including phenoxy) is 1. The number of hydrogen-bond acceptors (Lipinski definition) is 6. The van der Waals surface area contributed by atoms with E-state index in [0.717, 1.165) is 47.3 Å². The maximum Gasteiger partial charge on any atom is 0.306 e. The van der Waals surface area contributed by atoms with Crippen molar-refractivity contribution in [3.05, 3.63) is 70.6 Å². The summed E-state index contributed by atoms with van der Waals surface area (Å²) in [5.74, 6) is -0.534. The highest BCUT2D eigenvalue weighted by atomic mass is 79.9. The monoisotopic (exact) mass is 566 g/mol. The second-order valence-corrected chi connectivity index (χ2v) is 10.6. The van der Waals surface area contributed by atoms with Crippen molar-refractivity contribution in [1.82, 2.24) is 14.8 Å². The maximum atomic E-state index is 15.0. The molecule has 1 aromatic heterocycles. The molecule has 1 heterocycles. The molecular formula is C24H28BrFN4O4S. The Morgan fingerprint density at radius 2 is 1.91 bits per heavy atom. The van der Waals surface area contributed by atoms with Crippen LogP contribution in [0.3, 0.4) is 0 Å². The molecule has 0 unspecified atom stereocenters. The van der Waals surface area contributed by atoms with Crippen molar-refractivity contribution in [2.75, 3.05) is 5.33 Å². The smallest absolute Gasteiger partial charge is 0.306 e. The van der Waals surface area contributed by atoms with E-state index in [1.54, 1.807) is 0 Å². The zero-order valence-corrected chi connectivity index (χ0v) is 22.0. The molecular weight excluding hydrogens is 539 g/mol. The summed E-state index contributed by atoms with van der Waals surface area (Å²) in [4.78, 5) is 16.2. The number of aryl methyl sites for hydroxylation is 2. The molecule has 35 heavy (non-hydrogen) atoms. The molecule has 0 saturated heterocycles. The SMILES string of the molecule is Cc1ccc(C)c(Cc2nc(COC(=O)CCCCCBr)nn2-c2ccc(S(N)(=O)=O)cc2F)c1. The summed E-state index contributed by atoms with van der Waals surface area (Å²) in [5.41, 5.74) is 3.09. The van der Waals surface area contributed by atoms with E-state index in [1.165, 1.54) is 16.8 Å². The minimum atomic E-state index is -4.06. The molecule has 0 atom stereocenters. The number of benzene rings is 2. The third-order valence-electron chi connectivity index (χ3n) is 5.42. The van der Waals surface area contributed by atoms with E-state index in [2.05, 4.69) is 26.0 Å². The van der Waals surface area contributed by atoms with E-state index in [4.69, 9.17) is 9.88 Å². The standard InChI is InChI=1S/C24H28BrFN4O4S/c1-16-7-8-17(2)18(12-16)13-23-28-22(15-34-24(31)6-4-3-5-11-25)29-30(23)21-10-9-19(14-20(21)26)35(27,32)33/h7-10,12,14H,3-6,11,13,15H2,1-2H3,(H2,27,32,33). The molecule has 11 heteroatoms. The summed E-state index contributed by atoms with van der Waals surface area (Å²) >= 11 is 3.36. The lowest BCUT2D eigenvalue weighted by Gasteiger charge is -2.10. The molecule has 0 spiro atoms. The Bertz CT molecular complexity index is 1310. The van der Waals surface area contributed by atoms with Crippen molar-refractivity contribution in [3.8, 4) is 5.69 Å². The highest BCUT2D eigenvalue weighted by molar-refractivity contribution is 9.09. The van der Waals surface area contributed by atoms with Gasteiger partial charge in [0, 0.05) is 18.2 Å². The van der Waals surface area contributed by atoms with Crippen LogP contribution in [-0.4, -0.2) is 34.5 Å². The van der Waals surface area contributed by atoms with E-state index >= 15 is 0 Å². The molecule has 0 saturated carbocycles. The minimum Gasteiger partial charge on any atom is -0.457 e. The number of nitrogens with zero attached hydrogens (tertiary/aromatic N) is 3. The molecule has 0 fully saturated rings. The first-order valence-electron chi connectivity index (χ1n) is 11.1. The Morgan fingerprint density at radius 3 is 2.60 bits per heavy atom. The van der Waals surface area contributed by atoms with Crippen molar-refractivity contribution in [1.29, 1.82) is 0 Å². The zero-order valence-electron chi connectivity index (χ0n) is 19.6. The lowest BCUT2D eigenvalue weighted by molar-refractivity contribution is -0.145. The van der Waals surface area contributed by atoms with Crippen LogP contribution >= 0.6 is 15.9 Å². The maximum absolute atomic E-state index is 15.0. The number of nitrogens with two attached hydrogens (primary N) is 1. The lowest BCUT2D eigenvalue weighted by Crippen LogP contribution is -2.13. The number of esters is 1. The summed E-state index contributed by atoms with van der Waals surface area (Å²) < 4.78 is 44.8. The van der Waals surface area contributed by atoms with Crippen LogP contribution in [0.4, 0.5) is 4.39 Å². The number of unbranched alkanes of at least 4 members (excludes halogenated alkanes) is 2. The number of rotatable bonds is 11. The Kier molecular flexibility index (Phi) is 9.15. The van der Waals surface area contributed by atoms with E-state index in [0.29, 0.717) is 18.7 Å². The van der Waals surface area contributed by atoms with Gasteiger partial charge in [-0.1, -0.05) is 46.1 Å². The Morgan fingerprint density at radius 1 is 1.14 bits per heavy atom. The first-order chi connectivity index (χ1) is 16.6. The Labute approximate surface area is 212 Å². The number of halogens is 2. The van der Waals surface area contributed by atoms with Crippen LogP contribution < -0.4 is 5.14 Å². The van der Waals surface area contributed by atoms with Crippen LogP contribution in [0.5, 0.6) is 0 Å². The van der Waals surface area contributed by atoms with Gasteiger partial charge in [-0.2, -0.15) is 0 Å². The van der Waals surface area contributed by atoms with Gasteiger partial charge in [-0.3, -0.25) is 4.79 Å². The number of hydrogen-bond donors (Lipinski definition) is 1. The molecule has 0 bridgehead atoms. The first-order valence-corrected chi connectivity index (χ1v) is 13.8. The average molecular weight is 567 g/mol. The van der Waals surface area contributed by atoms with E-state index in [1.807, 2.05) is 32.0 Å². The zero-order chi connectivity index (χ0) is 25.6. The summed E-state index contributed by atoms with van der Waals surface area (Å²) in [5, 5.41) is 10.4. The second-order valence-electron chi connectivity index (χ2n) is 8.28. The first kappa shape index (κ1) is 27.0. The van der Waals surface area contributed by atoms with Crippen molar-refractivity contribution in [3.63, 3.8) is 0 Å². The van der Waals surface area contributed by atoms with Gasteiger partial charge >= 0.3 is 5.97 Å². The molecule has 3 aromatic rings. The second kappa shape index (κ2) is 11.9. The predicted octanol–water partition coefficient (Wildman–Crippen LogP) is 4.26. The van der Waals surface area contributed by atoms with Crippen molar-refractivity contribution in [2.24, 2.45) is 5.14 Å². The molecule has 0 aliphatic rings. The molecule has 0 aliphatic carbocycles. The third-order valence-corrected chi connectivity index (χ3v) is 6.90. The normalized spacial score (nSPS) is 11.6. The molecule has 2 N–H and O–H groups in total. The molecule has 3 rings (SSSR count). The van der Waals surface area contributed by atoms with Crippen LogP contribution in [0.25, 0.3) is 5.69 Å². The topological polar surface area (TPSA) is 117 Å². The minimum absolute atomic E-state index is 0.0116. The van der Waals surface area contributed by atoms with E-state index < -0.39 is 15.8 Å². The number of sulfonamides is 1. The highest BCUT2D eigenvalue weighted by Gasteiger charge is 2.19. The van der Waals surface area contributed by atoms with Crippen LogP contribution in [-0.2, 0) is 32.6 Å². The molecule has 0 amide bonds. The van der Waals surface area contributed by atoms with Gasteiger partial charge in [0.05, 0.1) is 4.90 Å². The lowest BCUT2D eigenvalue weighted by atomic mass is 10.0. The fraction of sp³-hybridized carbons (Fsp3) is 0.375. The fourth-order valence-electron chi connectivity index (χ4n) is 3.52. The number of aromatic nitrogens is 3. The molecule has 0 radical (unpaired) electrons. The van der Waals surface area contributed by atoms with Crippen LogP contribution in [0.15, 0.2) is 41.3 Å². The summed E-state index contributed by atoms with van der Waals surface area (Å²) in [7, 11) is -4.06. The molecule has 0 aliphatic heterocycles. The summed E-state index contributed by atoms with van der Waals surface area (Å²) in [6.45, 7) is 3.79. The van der Waals surface area contributed by atoms with Gasteiger partial charge in [-0.05, 0) is 56.0 Å². The van der Waals surface area contributed by atoms with Crippen molar-refractivity contribution < 1.29 is 22.3 Å². The molecule has 8 nitrogen and oxygen atoms in total. The number of carbonyl (C=O) groups is 1. The van der Waals surface area contributed by atoms with E-state index in [-0.39, 0.29) is 29.0 Å². The molecule has 2 aromatic carbocycles.